The van der Waals surface area contributed by atoms with Crippen LogP contribution >= 0.6 is 11.6 Å². The fourth-order valence-electron chi connectivity index (χ4n) is 1.93. The Balaban J connectivity index is 2.32. The average Bonchev–Trinajstić information content (AvgIpc) is 2.42. The van der Waals surface area contributed by atoms with Crippen molar-refractivity contribution in [2.24, 2.45) is 0 Å². The summed E-state index contributed by atoms with van der Waals surface area (Å²) in [5.74, 6) is -2.51. The number of anilines is 1. The van der Waals surface area contributed by atoms with Gasteiger partial charge in [0.1, 0.15) is 18.2 Å². The van der Waals surface area contributed by atoms with E-state index in [2.05, 4.69) is 0 Å². The number of carboxylic acid groups (broad SMARTS) is 1. The van der Waals surface area contributed by atoms with Crippen molar-refractivity contribution in [3.05, 3.63) is 64.7 Å². The van der Waals surface area contributed by atoms with Gasteiger partial charge in [0.25, 0.3) is 0 Å². The molecule has 2 rings (SSSR count). The van der Waals surface area contributed by atoms with E-state index >= 15 is 0 Å². The van der Waals surface area contributed by atoms with Crippen LogP contribution in [0.5, 0.6) is 0 Å². The third-order valence-electron chi connectivity index (χ3n) is 2.93. The number of hydrogen-bond acceptors (Lipinski definition) is 2. The topological polar surface area (TPSA) is 40.5 Å². The van der Waals surface area contributed by atoms with Gasteiger partial charge in [0.05, 0.1) is 0 Å². The van der Waals surface area contributed by atoms with Gasteiger partial charge in [0.15, 0.2) is 0 Å². The third kappa shape index (κ3) is 3.92. The van der Waals surface area contributed by atoms with Crippen LogP contribution in [-0.2, 0) is 11.3 Å². The summed E-state index contributed by atoms with van der Waals surface area (Å²) in [6, 6.07) is 9.91. The lowest BCUT2D eigenvalue weighted by Crippen LogP contribution is -2.30. The molecule has 0 aliphatic rings. The van der Waals surface area contributed by atoms with Crippen LogP contribution in [-0.4, -0.2) is 17.6 Å². The van der Waals surface area contributed by atoms with E-state index in [-0.39, 0.29) is 18.7 Å². The molecule has 0 bridgehead atoms. The Morgan fingerprint density at radius 3 is 2.19 bits per heavy atom. The number of carbonyl (C=O) groups is 1. The summed E-state index contributed by atoms with van der Waals surface area (Å²) in [4.78, 5) is 12.3. The van der Waals surface area contributed by atoms with Crippen LogP contribution < -0.4 is 4.90 Å². The maximum absolute atomic E-state index is 13.7. The second kappa shape index (κ2) is 6.54. The lowest BCUT2D eigenvalue weighted by atomic mass is 10.1. The zero-order valence-corrected chi connectivity index (χ0v) is 11.6. The molecule has 0 aromatic heterocycles. The van der Waals surface area contributed by atoms with E-state index in [1.54, 1.807) is 24.3 Å². The smallest absolute Gasteiger partial charge is 0.323 e. The lowest BCUT2D eigenvalue weighted by molar-refractivity contribution is -0.135. The van der Waals surface area contributed by atoms with Gasteiger partial charge in [0, 0.05) is 22.8 Å². The Morgan fingerprint density at radius 2 is 1.67 bits per heavy atom. The largest absolute Gasteiger partial charge is 0.480 e. The van der Waals surface area contributed by atoms with E-state index < -0.39 is 17.6 Å². The molecule has 3 nitrogen and oxygen atoms in total. The second-order valence-corrected chi connectivity index (χ2v) is 4.86. The minimum Gasteiger partial charge on any atom is -0.480 e. The van der Waals surface area contributed by atoms with Gasteiger partial charge in [-0.15, -0.1) is 0 Å². The summed E-state index contributed by atoms with van der Waals surface area (Å²) in [6.07, 6.45) is 0. The molecular weight excluding hydrogens is 300 g/mol. The van der Waals surface area contributed by atoms with Crippen molar-refractivity contribution >= 4 is 23.3 Å². The summed E-state index contributed by atoms with van der Waals surface area (Å²) in [7, 11) is 0. The van der Waals surface area contributed by atoms with E-state index in [4.69, 9.17) is 16.7 Å². The lowest BCUT2D eigenvalue weighted by Gasteiger charge is -2.23. The third-order valence-corrected chi connectivity index (χ3v) is 3.18. The van der Waals surface area contributed by atoms with Crippen LogP contribution in [0.15, 0.2) is 42.5 Å². The standard InChI is InChI=1S/C15H12ClF2NO2/c16-10-4-6-11(7-5-10)19(9-15(20)21)8-12-13(17)2-1-3-14(12)18/h1-7H,8-9H2,(H,20,21). The van der Waals surface area contributed by atoms with E-state index in [0.717, 1.165) is 12.1 Å². The molecule has 21 heavy (non-hydrogen) atoms. The summed E-state index contributed by atoms with van der Waals surface area (Å²) < 4.78 is 27.4. The zero-order valence-electron chi connectivity index (χ0n) is 10.9. The number of hydrogen-bond donors (Lipinski definition) is 1. The van der Waals surface area contributed by atoms with Gasteiger partial charge in [-0.05, 0) is 36.4 Å². The first-order valence-corrected chi connectivity index (χ1v) is 6.50. The van der Waals surface area contributed by atoms with Gasteiger partial charge in [0.2, 0.25) is 0 Å². The van der Waals surface area contributed by atoms with Crippen molar-refractivity contribution in [2.45, 2.75) is 6.54 Å². The molecular formula is C15H12ClF2NO2. The number of rotatable bonds is 5. The minimum atomic E-state index is -1.10. The highest BCUT2D eigenvalue weighted by Crippen LogP contribution is 2.22. The molecule has 6 heteroatoms. The quantitative estimate of drug-likeness (QED) is 0.915. The first kappa shape index (κ1) is 15.3. The highest BCUT2D eigenvalue weighted by molar-refractivity contribution is 6.30. The fraction of sp³-hybridized carbons (Fsp3) is 0.133. The molecule has 2 aromatic carbocycles. The Labute approximate surface area is 125 Å². The van der Waals surface area contributed by atoms with Crippen molar-refractivity contribution in [1.82, 2.24) is 0 Å². The van der Waals surface area contributed by atoms with Gasteiger partial charge >= 0.3 is 5.97 Å². The van der Waals surface area contributed by atoms with Gasteiger partial charge < -0.3 is 10.0 Å². The highest BCUT2D eigenvalue weighted by Gasteiger charge is 2.16. The molecule has 0 heterocycles. The molecule has 0 aliphatic heterocycles. The molecule has 0 saturated heterocycles. The molecule has 110 valence electrons. The molecule has 0 radical (unpaired) electrons. The highest BCUT2D eigenvalue weighted by atomic mass is 35.5. The average molecular weight is 312 g/mol. The van der Waals surface area contributed by atoms with Crippen molar-refractivity contribution in [2.75, 3.05) is 11.4 Å². The van der Waals surface area contributed by atoms with Gasteiger partial charge in [-0.25, -0.2) is 8.78 Å². The molecule has 0 saturated carbocycles. The summed E-state index contributed by atoms with van der Waals surface area (Å²) >= 11 is 5.78. The molecule has 0 amide bonds. The van der Waals surface area contributed by atoms with Crippen LogP contribution in [0.25, 0.3) is 0 Å². The van der Waals surface area contributed by atoms with E-state index in [1.165, 1.54) is 11.0 Å². The molecule has 1 N–H and O–H groups in total. The predicted molar refractivity (Wildman–Crippen MR) is 76.5 cm³/mol. The molecule has 0 atom stereocenters. The summed E-state index contributed by atoms with van der Waals surface area (Å²) in [6.45, 7) is -0.568. The van der Waals surface area contributed by atoms with E-state index in [0.29, 0.717) is 10.7 Å². The number of aliphatic carboxylic acids is 1. The van der Waals surface area contributed by atoms with Crippen LogP contribution in [0, 0.1) is 11.6 Å². The summed E-state index contributed by atoms with van der Waals surface area (Å²) in [5, 5.41) is 9.45. The number of nitrogens with zero attached hydrogens (tertiary/aromatic N) is 1. The van der Waals surface area contributed by atoms with Crippen LogP contribution in [0.3, 0.4) is 0 Å². The maximum Gasteiger partial charge on any atom is 0.323 e. The number of halogens is 3. The molecule has 0 aliphatic carbocycles. The van der Waals surface area contributed by atoms with Crippen molar-refractivity contribution < 1.29 is 18.7 Å². The van der Waals surface area contributed by atoms with Crippen LogP contribution in [0.2, 0.25) is 5.02 Å². The number of carboxylic acids is 1. The molecule has 2 aromatic rings. The van der Waals surface area contributed by atoms with Gasteiger partial charge in [-0.2, -0.15) is 0 Å². The van der Waals surface area contributed by atoms with E-state index in [9.17, 15) is 13.6 Å². The Morgan fingerprint density at radius 1 is 1.10 bits per heavy atom. The SMILES string of the molecule is O=C(O)CN(Cc1c(F)cccc1F)c1ccc(Cl)cc1. The molecule has 0 unspecified atom stereocenters. The Hall–Kier alpha value is -2.14. The van der Waals surface area contributed by atoms with Crippen LogP contribution in [0.4, 0.5) is 14.5 Å². The molecule has 0 fully saturated rings. The van der Waals surface area contributed by atoms with Gasteiger partial charge in [-0.3, -0.25) is 4.79 Å². The van der Waals surface area contributed by atoms with Gasteiger partial charge in [-0.1, -0.05) is 17.7 Å². The molecule has 0 spiro atoms. The van der Waals surface area contributed by atoms with Crippen LogP contribution in [0.1, 0.15) is 5.56 Å². The maximum atomic E-state index is 13.7. The normalized spacial score (nSPS) is 10.4. The first-order valence-electron chi connectivity index (χ1n) is 6.12. The Kier molecular flexibility index (Phi) is 4.75. The van der Waals surface area contributed by atoms with Crippen molar-refractivity contribution in [1.29, 1.82) is 0 Å². The van der Waals surface area contributed by atoms with Crippen molar-refractivity contribution in [3.8, 4) is 0 Å². The Bertz CT molecular complexity index is 626. The second-order valence-electron chi connectivity index (χ2n) is 4.43. The minimum absolute atomic E-state index is 0.172. The monoisotopic (exact) mass is 311 g/mol. The number of benzene rings is 2. The first-order chi connectivity index (χ1) is 9.97. The van der Waals surface area contributed by atoms with Crippen molar-refractivity contribution in [3.63, 3.8) is 0 Å². The fourth-order valence-corrected chi connectivity index (χ4v) is 2.05. The predicted octanol–water partition coefficient (Wildman–Crippen LogP) is 3.71. The van der Waals surface area contributed by atoms with E-state index in [1.807, 2.05) is 0 Å². The summed E-state index contributed by atoms with van der Waals surface area (Å²) in [5.41, 5.74) is 0.346. The zero-order chi connectivity index (χ0) is 15.4.